The van der Waals surface area contributed by atoms with Gasteiger partial charge in [-0.25, -0.2) is 4.98 Å². The van der Waals surface area contributed by atoms with E-state index < -0.39 is 0 Å². The number of hydrogen-bond donors (Lipinski definition) is 1. The molecule has 24 heavy (non-hydrogen) atoms. The third-order valence-corrected chi connectivity index (χ3v) is 5.46. The Bertz CT molecular complexity index is 805. The second-order valence-electron chi connectivity index (χ2n) is 5.50. The molecule has 0 bridgehead atoms. The quantitative estimate of drug-likeness (QED) is 0.669. The maximum Gasteiger partial charge on any atom is 0.270 e. The molecule has 124 valence electrons. The first-order valence-corrected chi connectivity index (χ1v) is 10.1. The summed E-state index contributed by atoms with van der Waals surface area (Å²) in [7, 11) is 0. The van der Waals surface area contributed by atoms with Gasteiger partial charge < -0.3 is 4.98 Å². The van der Waals surface area contributed by atoms with Crippen LogP contribution in [0.5, 0.6) is 0 Å². The molecule has 1 aliphatic heterocycles. The van der Waals surface area contributed by atoms with Crippen LogP contribution in [-0.4, -0.2) is 45.7 Å². The van der Waals surface area contributed by atoms with Crippen LogP contribution < -0.4 is 5.56 Å². The molecule has 5 nitrogen and oxygen atoms in total. The van der Waals surface area contributed by atoms with E-state index in [1.807, 2.05) is 36.2 Å². The standard InChI is InChI=1S/C17H18N4OS2/c1-23-17-19-15(14(10-18)16(22)20-17)13-4-2-12(3-5-13)11-21-6-8-24-9-7-21/h2-5H,6-9,11H2,1H3,(H,19,20,22). The highest BCUT2D eigenvalue weighted by Crippen LogP contribution is 2.22. The van der Waals surface area contributed by atoms with Crippen LogP contribution in [0.25, 0.3) is 11.3 Å². The average Bonchev–Trinajstić information content (AvgIpc) is 2.62. The molecule has 1 fully saturated rings. The Morgan fingerprint density at radius 2 is 2.04 bits per heavy atom. The van der Waals surface area contributed by atoms with Crippen molar-refractivity contribution in [2.24, 2.45) is 0 Å². The predicted molar refractivity (Wildman–Crippen MR) is 99.4 cm³/mol. The van der Waals surface area contributed by atoms with Crippen LogP contribution in [0.1, 0.15) is 11.1 Å². The van der Waals surface area contributed by atoms with Gasteiger partial charge in [0.05, 0.1) is 5.69 Å². The lowest BCUT2D eigenvalue weighted by Crippen LogP contribution is -2.31. The number of thioether (sulfide) groups is 2. The number of nitrogens with zero attached hydrogens (tertiary/aromatic N) is 3. The molecule has 0 radical (unpaired) electrons. The summed E-state index contributed by atoms with van der Waals surface area (Å²) in [5, 5.41) is 9.79. The molecule has 1 N–H and O–H groups in total. The van der Waals surface area contributed by atoms with Crippen LogP contribution >= 0.6 is 23.5 Å². The van der Waals surface area contributed by atoms with Gasteiger partial charge in [-0.2, -0.15) is 17.0 Å². The van der Waals surface area contributed by atoms with Crippen LogP contribution in [0.15, 0.2) is 34.2 Å². The molecule has 0 saturated carbocycles. The normalized spacial score (nSPS) is 15.2. The van der Waals surface area contributed by atoms with Gasteiger partial charge in [-0.15, -0.1) is 0 Å². The molecule has 3 rings (SSSR count). The van der Waals surface area contributed by atoms with Crippen molar-refractivity contribution in [1.82, 2.24) is 14.9 Å². The Morgan fingerprint density at radius 1 is 1.33 bits per heavy atom. The largest absolute Gasteiger partial charge is 0.300 e. The third-order valence-electron chi connectivity index (χ3n) is 3.94. The van der Waals surface area contributed by atoms with E-state index in [2.05, 4.69) is 27.0 Å². The van der Waals surface area contributed by atoms with Crippen molar-refractivity contribution in [3.05, 3.63) is 45.7 Å². The van der Waals surface area contributed by atoms with Gasteiger partial charge in [0.25, 0.3) is 5.56 Å². The third kappa shape index (κ3) is 3.83. The van der Waals surface area contributed by atoms with E-state index in [9.17, 15) is 10.1 Å². The maximum absolute atomic E-state index is 12.0. The van der Waals surface area contributed by atoms with Gasteiger partial charge in [0.15, 0.2) is 5.16 Å². The first-order chi connectivity index (χ1) is 11.7. The van der Waals surface area contributed by atoms with Crippen LogP contribution in [0.4, 0.5) is 0 Å². The Kier molecular flexibility index (Phi) is 5.61. The number of nitrogens with one attached hydrogen (secondary N) is 1. The minimum Gasteiger partial charge on any atom is -0.300 e. The second-order valence-corrected chi connectivity index (χ2v) is 7.52. The first-order valence-electron chi connectivity index (χ1n) is 7.69. The van der Waals surface area contributed by atoms with Gasteiger partial charge in [-0.1, -0.05) is 36.0 Å². The van der Waals surface area contributed by atoms with Crippen molar-refractivity contribution in [3.8, 4) is 17.3 Å². The van der Waals surface area contributed by atoms with Gasteiger partial charge in [0, 0.05) is 36.7 Å². The Labute approximate surface area is 149 Å². The number of hydrogen-bond acceptors (Lipinski definition) is 6. The number of nitriles is 1. The highest BCUT2D eigenvalue weighted by atomic mass is 32.2. The molecule has 1 aliphatic rings. The van der Waals surface area contributed by atoms with Gasteiger partial charge in [-0.3, -0.25) is 9.69 Å². The van der Waals surface area contributed by atoms with E-state index in [0.717, 1.165) is 25.2 Å². The molecule has 0 unspecified atom stereocenters. The van der Waals surface area contributed by atoms with Crippen LogP contribution in [0.2, 0.25) is 0 Å². The van der Waals surface area contributed by atoms with Gasteiger partial charge in [0.2, 0.25) is 0 Å². The summed E-state index contributed by atoms with van der Waals surface area (Å²) in [5.41, 5.74) is 2.16. The fourth-order valence-electron chi connectivity index (χ4n) is 2.65. The van der Waals surface area contributed by atoms with Crippen LogP contribution in [-0.2, 0) is 6.54 Å². The number of H-pyrrole nitrogens is 1. The van der Waals surface area contributed by atoms with E-state index in [4.69, 9.17) is 0 Å². The second kappa shape index (κ2) is 7.88. The lowest BCUT2D eigenvalue weighted by Gasteiger charge is -2.26. The van der Waals surface area contributed by atoms with E-state index in [1.54, 1.807) is 0 Å². The zero-order chi connectivity index (χ0) is 16.9. The number of benzene rings is 1. The topological polar surface area (TPSA) is 72.8 Å². The summed E-state index contributed by atoms with van der Waals surface area (Å²) in [6, 6.07) is 9.97. The number of aromatic nitrogens is 2. The van der Waals surface area contributed by atoms with E-state index in [0.29, 0.717) is 10.9 Å². The summed E-state index contributed by atoms with van der Waals surface area (Å²) in [6.07, 6.45) is 1.84. The van der Waals surface area contributed by atoms with E-state index in [-0.39, 0.29) is 11.1 Å². The molecule has 1 aromatic carbocycles. The molecular formula is C17H18N4OS2. The minimum absolute atomic E-state index is 0.0635. The van der Waals surface area contributed by atoms with Gasteiger partial charge in [0.1, 0.15) is 11.6 Å². The Hall–Kier alpha value is -1.75. The zero-order valence-corrected chi connectivity index (χ0v) is 15.0. The molecule has 1 saturated heterocycles. The summed E-state index contributed by atoms with van der Waals surface area (Å²) >= 11 is 3.36. The Balaban J connectivity index is 1.86. The van der Waals surface area contributed by atoms with Crippen molar-refractivity contribution in [3.63, 3.8) is 0 Å². The molecule has 0 amide bonds. The van der Waals surface area contributed by atoms with Gasteiger partial charge >= 0.3 is 0 Å². The molecule has 1 aromatic heterocycles. The molecule has 2 aromatic rings. The summed E-state index contributed by atoms with van der Waals surface area (Å²) < 4.78 is 0. The fourth-order valence-corrected chi connectivity index (χ4v) is 4.00. The average molecular weight is 358 g/mol. The molecule has 0 aliphatic carbocycles. The van der Waals surface area contributed by atoms with Crippen molar-refractivity contribution in [1.29, 1.82) is 5.26 Å². The molecule has 0 atom stereocenters. The monoisotopic (exact) mass is 358 g/mol. The molecule has 2 heterocycles. The first kappa shape index (κ1) is 17.1. The summed E-state index contributed by atoms with van der Waals surface area (Å²) in [5.74, 6) is 2.38. The van der Waals surface area contributed by atoms with Crippen molar-refractivity contribution in [2.45, 2.75) is 11.7 Å². The summed E-state index contributed by atoms with van der Waals surface area (Å²) in [4.78, 5) is 21.5. The highest BCUT2D eigenvalue weighted by molar-refractivity contribution is 7.99. The lowest BCUT2D eigenvalue weighted by atomic mass is 10.1. The molecule has 0 spiro atoms. The smallest absolute Gasteiger partial charge is 0.270 e. The number of rotatable bonds is 4. The van der Waals surface area contributed by atoms with Gasteiger partial charge in [-0.05, 0) is 11.8 Å². The Morgan fingerprint density at radius 3 is 2.67 bits per heavy atom. The molecule has 7 heteroatoms. The predicted octanol–water partition coefficient (Wildman–Crippen LogP) is 2.58. The highest BCUT2D eigenvalue weighted by Gasteiger charge is 2.14. The summed E-state index contributed by atoms with van der Waals surface area (Å²) in [6.45, 7) is 3.18. The SMILES string of the molecule is CSc1nc(-c2ccc(CN3CCSCC3)cc2)c(C#N)c(=O)[nH]1. The zero-order valence-electron chi connectivity index (χ0n) is 13.4. The van der Waals surface area contributed by atoms with Crippen LogP contribution in [0, 0.1) is 11.3 Å². The van der Waals surface area contributed by atoms with E-state index >= 15 is 0 Å². The lowest BCUT2D eigenvalue weighted by molar-refractivity contribution is 0.294. The van der Waals surface area contributed by atoms with Crippen molar-refractivity contribution < 1.29 is 0 Å². The minimum atomic E-state index is -0.387. The maximum atomic E-state index is 12.0. The van der Waals surface area contributed by atoms with Crippen molar-refractivity contribution in [2.75, 3.05) is 30.9 Å². The number of aromatic amines is 1. The van der Waals surface area contributed by atoms with Crippen LogP contribution in [0.3, 0.4) is 0 Å². The molecular weight excluding hydrogens is 340 g/mol. The van der Waals surface area contributed by atoms with Crippen molar-refractivity contribution >= 4 is 23.5 Å². The fraction of sp³-hybridized carbons (Fsp3) is 0.353. The van der Waals surface area contributed by atoms with E-state index in [1.165, 1.54) is 28.8 Å².